The van der Waals surface area contributed by atoms with E-state index in [0.717, 1.165) is 10.6 Å². The summed E-state index contributed by atoms with van der Waals surface area (Å²) in [4.78, 5) is 30.0. The minimum Gasteiger partial charge on any atom is -0.354 e. The molecule has 9 nitrogen and oxygen atoms in total. The van der Waals surface area contributed by atoms with Gasteiger partial charge in [0.1, 0.15) is 5.56 Å². The van der Waals surface area contributed by atoms with Crippen molar-refractivity contribution in [3.63, 3.8) is 0 Å². The number of fused-ring (bicyclic) bond motifs is 1. The molecule has 4 heterocycles. The molecule has 0 bridgehead atoms. The van der Waals surface area contributed by atoms with Crippen LogP contribution in [-0.4, -0.2) is 43.2 Å². The number of hydrogen-bond donors (Lipinski definition) is 2. The molecule has 0 radical (unpaired) electrons. The fourth-order valence-electron chi connectivity index (χ4n) is 2.72. The molecule has 0 aliphatic rings. The van der Waals surface area contributed by atoms with Crippen LogP contribution in [0.1, 0.15) is 20.8 Å². The lowest BCUT2D eigenvalue weighted by Gasteiger charge is -2.04. The normalized spacial score (nSPS) is 10.9. The fourth-order valence-corrected chi connectivity index (χ4v) is 3.45. The molecule has 136 valence electrons. The first-order valence-electron chi connectivity index (χ1n) is 8.02. The number of aryl methyl sites for hydroxylation is 1. The summed E-state index contributed by atoms with van der Waals surface area (Å²) in [6.07, 6.45) is 4.67. The van der Waals surface area contributed by atoms with Gasteiger partial charge in [0.25, 0.3) is 11.8 Å². The molecule has 0 aromatic carbocycles. The quantitative estimate of drug-likeness (QED) is 0.561. The topological polar surface area (TPSA) is 106 Å². The first-order chi connectivity index (χ1) is 13.1. The van der Waals surface area contributed by atoms with Crippen molar-refractivity contribution >= 4 is 34.5 Å². The number of thiophene rings is 1. The van der Waals surface area contributed by atoms with Gasteiger partial charge in [0.15, 0.2) is 11.3 Å². The summed E-state index contributed by atoms with van der Waals surface area (Å²) in [5.74, 6) is -0.803. The lowest BCUT2D eigenvalue weighted by atomic mass is 10.2. The molecule has 2 N–H and O–H groups in total. The van der Waals surface area contributed by atoms with Gasteiger partial charge in [-0.2, -0.15) is 10.2 Å². The maximum absolute atomic E-state index is 12.8. The third-order valence-electron chi connectivity index (χ3n) is 3.94. The smallest absolute Gasteiger partial charge is 0.273 e. The van der Waals surface area contributed by atoms with E-state index in [0.29, 0.717) is 16.9 Å². The molecule has 0 aliphatic carbocycles. The third-order valence-corrected chi connectivity index (χ3v) is 4.83. The van der Waals surface area contributed by atoms with E-state index >= 15 is 0 Å². The molecule has 27 heavy (non-hydrogen) atoms. The molecule has 0 fully saturated rings. The van der Waals surface area contributed by atoms with Gasteiger partial charge >= 0.3 is 0 Å². The summed E-state index contributed by atoms with van der Waals surface area (Å²) < 4.78 is 3.09. The summed E-state index contributed by atoms with van der Waals surface area (Å²) in [7, 11) is 3.18. The van der Waals surface area contributed by atoms with Crippen LogP contribution in [0.3, 0.4) is 0 Å². The third kappa shape index (κ3) is 2.95. The van der Waals surface area contributed by atoms with E-state index in [2.05, 4.69) is 25.8 Å². The van der Waals surface area contributed by atoms with Crippen LogP contribution in [0.25, 0.3) is 16.2 Å². The molecular formula is C17H15N7O2S. The maximum Gasteiger partial charge on any atom is 0.273 e. The Morgan fingerprint density at radius 2 is 2.07 bits per heavy atom. The van der Waals surface area contributed by atoms with Gasteiger partial charge in [-0.15, -0.1) is 11.3 Å². The lowest BCUT2D eigenvalue weighted by Crippen LogP contribution is -2.21. The lowest BCUT2D eigenvalue weighted by molar-refractivity contribution is 0.0958. The number of aromatic nitrogens is 5. The highest BCUT2D eigenvalue weighted by atomic mass is 32.1. The van der Waals surface area contributed by atoms with Crippen molar-refractivity contribution in [2.45, 2.75) is 0 Å². The average Bonchev–Trinajstić information content (AvgIpc) is 3.40. The van der Waals surface area contributed by atoms with Crippen molar-refractivity contribution in [3.05, 3.63) is 53.4 Å². The Hall–Kier alpha value is -3.53. The molecule has 2 amide bonds. The van der Waals surface area contributed by atoms with Gasteiger partial charge in [-0.25, -0.2) is 9.50 Å². The highest BCUT2D eigenvalue weighted by Crippen LogP contribution is 2.25. The summed E-state index contributed by atoms with van der Waals surface area (Å²) in [6.45, 7) is 0. The number of hydrogen-bond acceptors (Lipinski definition) is 6. The summed E-state index contributed by atoms with van der Waals surface area (Å²) in [5.41, 5.74) is 2.04. The molecule has 0 saturated carbocycles. The van der Waals surface area contributed by atoms with Gasteiger partial charge in [0, 0.05) is 26.5 Å². The number of nitrogens with one attached hydrogen (secondary N) is 2. The van der Waals surface area contributed by atoms with Crippen LogP contribution in [0, 0.1) is 0 Å². The van der Waals surface area contributed by atoms with Crippen LogP contribution in [0.15, 0.2) is 42.2 Å². The Balaban J connectivity index is 1.71. The zero-order valence-corrected chi connectivity index (χ0v) is 15.3. The predicted octanol–water partition coefficient (Wildman–Crippen LogP) is 1.80. The highest BCUT2D eigenvalue weighted by molar-refractivity contribution is 7.13. The van der Waals surface area contributed by atoms with Crippen LogP contribution < -0.4 is 10.6 Å². The van der Waals surface area contributed by atoms with Crippen LogP contribution in [0.4, 0.5) is 5.69 Å². The van der Waals surface area contributed by atoms with Crippen molar-refractivity contribution in [1.29, 1.82) is 0 Å². The number of carbonyl (C=O) groups is 2. The largest absolute Gasteiger partial charge is 0.354 e. The standard InChI is InChI=1S/C17H15N7O2S/c1-18-17(26)14-11(9-23(2)22-14)21-16(25)10-8-20-24-12(5-6-19-15(10)24)13-4-3-7-27-13/h3-9H,1-2H3,(H,18,26)(H,21,25). The molecule has 4 rings (SSSR count). The number of nitrogens with zero attached hydrogens (tertiary/aromatic N) is 5. The molecule has 10 heteroatoms. The zero-order valence-electron chi connectivity index (χ0n) is 14.5. The average molecular weight is 381 g/mol. The van der Waals surface area contributed by atoms with E-state index in [-0.39, 0.29) is 11.6 Å². The second-order valence-corrected chi connectivity index (χ2v) is 6.65. The van der Waals surface area contributed by atoms with Gasteiger partial charge in [-0.05, 0) is 17.5 Å². The number of rotatable bonds is 4. The molecule has 4 aromatic heterocycles. The second kappa shape index (κ2) is 6.65. The van der Waals surface area contributed by atoms with Gasteiger partial charge < -0.3 is 10.6 Å². The number of carbonyl (C=O) groups excluding carboxylic acids is 2. The molecule has 0 saturated heterocycles. The van der Waals surface area contributed by atoms with Gasteiger partial charge in [0.05, 0.1) is 22.5 Å². The van der Waals surface area contributed by atoms with Crippen molar-refractivity contribution in [2.75, 3.05) is 12.4 Å². The van der Waals surface area contributed by atoms with E-state index in [1.165, 1.54) is 17.9 Å². The maximum atomic E-state index is 12.8. The van der Waals surface area contributed by atoms with Crippen LogP contribution in [0.2, 0.25) is 0 Å². The minimum atomic E-state index is -0.418. The van der Waals surface area contributed by atoms with Crippen molar-refractivity contribution in [3.8, 4) is 10.6 Å². The first-order valence-corrected chi connectivity index (χ1v) is 8.90. The fraction of sp³-hybridized carbons (Fsp3) is 0.118. The van der Waals surface area contributed by atoms with Crippen LogP contribution in [-0.2, 0) is 7.05 Å². The van der Waals surface area contributed by atoms with Gasteiger partial charge in [-0.3, -0.25) is 14.3 Å². The highest BCUT2D eigenvalue weighted by Gasteiger charge is 2.21. The summed E-state index contributed by atoms with van der Waals surface area (Å²) in [6, 6.07) is 5.77. The van der Waals surface area contributed by atoms with Gasteiger partial charge in [0.2, 0.25) is 0 Å². The van der Waals surface area contributed by atoms with Gasteiger partial charge in [-0.1, -0.05) is 6.07 Å². The molecule has 0 unspecified atom stereocenters. The Morgan fingerprint density at radius 3 is 2.81 bits per heavy atom. The Morgan fingerprint density at radius 1 is 1.22 bits per heavy atom. The van der Waals surface area contributed by atoms with E-state index in [4.69, 9.17) is 0 Å². The van der Waals surface area contributed by atoms with Crippen molar-refractivity contribution in [1.82, 2.24) is 29.7 Å². The molecule has 4 aromatic rings. The zero-order chi connectivity index (χ0) is 19.0. The van der Waals surface area contributed by atoms with E-state index < -0.39 is 5.91 Å². The molecular weight excluding hydrogens is 366 g/mol. The predicted molar refractivity (Wildman–Crippen MR) is 101 cm³/mol. The Bertz CT molecular complexity index is 1140. The van der Waals surface area contributed by atoms with E-state index in [1.807, 2.05) is 23.6 Å². The van der Waals surface area contributed by atoms with Crippen LogP contribution in [0.5, 0.6) is 0 Å². The number of amides is 2. The summed E-state index contributed by atoms with van der Waals surface area (Å²) >= 11 is 1.58. The first kappa shape index (κ1) is 16.9. The second-order valence-electron chi connectivity index (χ2n) is 5.70. The summed E-state index contributed by atoms with van der Waals surface area (Å²) in [5, 5.41) is 15.6. The van der Waals surface area contributed by atoms with Crippen LogP contribution >= 0.6 is 11.3 Å². The van der Waals surface area contributed by atoms with E-state index in [9.17, 15) is 9.59 Å². The van der Waals surface area contributed by atoms with Crippen molar-refractivity contribution in [2.24, 2.45) is 7.05 Å². The van der Waals surface area contributed by atoms with E-state index in [1.54, 1.807) is 35.3 Å². The SMILES string of the molecule is CNC(=O)c1nn(C)cc1NC(=O)c1cnn2c(-c3cccs3)ccnc12. The molecule has 0 atom stereocenters. The Kier molecular flexibility index (Phi) is 4.16. The monoisotopic (exact) mass is 381 g/mol. The van der Waals surface area contributed by atoms with Crippen molar-refractivity contribution < 1.29 is 9.59 Å². The Labute approximate surface area is 157 Å². The molecule has 0 spiro atoms. The molecule has 0 aliphatic heterocycles. The minimum absolute atomic E-state index is 0.136. The number of anilines is 1.